The third-order valence-electron chi connectivity index (χ3n) is 3.63. The lowest BCUT2D eigenvalue weighted by atomic mass is 10.0. The zero-order valence-corrected chi connectivity index (χ0v) is 14.6. The topological polar surface area (TPSA) is 55.4 Å². The summed E-state index contributed by atoms with van der Waals surface area (Å²) in [5.41, 5.74) is 2.12. The normalized spacial score (nSPS) is 12.8. The minimum Gasteiger partial charge on any atom is -0.494 e. The van der Waals surface area contributed by atoms with Crippen LogP contribution < -0.4 is 9.46 Å². The number of hydrogen-bond acceptors (Lipinski definition) is 3. The zero-order valence-electron chi connectivity index (χ0n) is 13.7. The van der Waals surface area contributed by atoms with Crippen LogP contribution in [-0.2, 0) is 10.0 Å². The molecule has 2 rings (SSSR count). The van der Waals surface area contributed by atoms with Crippen molar-refractivity contribution in [1.82, 2.24) is 4.72 Å². The first-order valence-electron chi connectivity index (χ1n) is 7.78. The minimum absolute atomic E-state index is 0.242. The Labute approximate surface area is 138 Å². The molecule has 2 aromatic carbocycles. The molecule has 0 saturated carbocycles. The van der Waals surface area contributed by atoms with E-state index in [9.17, 15) is 8.42 Å². The van der Waals surface area contributed by atoms with E-state index in [1.54, 1.807) is 24.3 Å². The van der Waals surface area contributed by atoms with Crippen molar-refractivity contribution in [3.63, 3.8) is 0 Å². The van der Waals surface area contributed by atoms with Gasteiger partial charge in [-0.2, -0.15) is 0 Å². The van der Waals surface area contributed by atoms with E-state index in [1.807, 2.05) is 45.0 Å². The van der Waals surface area contributed by atoms with E-state index >= 15 is 0 Å². The molecule has 0 aliphatic carbocycles. The molecule has 0 bridgehead atoms. The maximum Gasteiger partial charge on any atom is 0.241 e. The molecule has 0 radical (unpaired) electrons. The Kier molecular flexibility index (Phi) is 5.80. The highest BCUT2D eigenvalue weighted by molar-refractivity contribution is 7.89. The lowest BCUT2D eigenvalue weighted by molar-refractivity contribution is 0.340. The van der Waals surface area contributed by atoms with Crippen molar-refractivity contribution in [2.45, 2.75) is 38.1 Å². The largest absolute Gasteiger partial charge is 0.494 e. The van der Waals surface area contributed by atoms with Crippen LogP contribution in [0.15, 0.2) is 53.4 Å². The standard InChI is InChI=1S/C18H23NO3S/c1-4-18(15-8-6-14(3)7-9-15)19-23(20,21)17-12-10-16(11-13-17)22-5-2/h6-13,18-19H,4-5H2,1-3H3. The summed E-state index contributed by atoms with van der Waals surface area (Å²) < 4.78 is 33.2. The van der Waals surface area contributed by atoms with Crippen molar-refractivity contribution < 1.29 is 13.2 Å². The van der Waals surface area contributed by atoms with E-state index in [1.165, 1.54) is 0 Å². The van der Waals surface area contributed by atoms with Crippen LogP contribution in [0.5, 0.6) is 5.75 Å². The van der Waals surface area contributed by atoms with E-state index < -0.39 is 10.0 Å². The van der Waals surface area contributed by atoms with Crippen LogP contribution in [0, 0.1) is 6.92 Å². The molecule has 5 heteroatoms. The summed E-state index contributed by atoms with van der Waals surface area (Å²) in [4.78, 5) is 0.242. The molecule has 4 nitrogen and oxygen atoms in total. The van der Waals surface area contributed by atoms with Crippen molar-refractivity contribution in [2.24, 2.45) is 0 Å². The first-order valence-corrected chi connectivity index (χ1v) is 9.26. The van der Waals surface area contributed by atoms with Gasteiger partial charge < -0.3 is 4.74 Å². The van der Waals surface area contributed by atoms with Gasteiger partial charge in [0.1, 0.15) is 5.75 Å². The number of benzene rings is 2. The Balaban J connectivity index is 2.19. The molecule has 0 aliphatic rings. The van der Waals surface area contributed by atoms with Crippen LogP contribution in [0.3, 0.4) is 0 Å². The molecule has 0 amide bonds. The van der Waals surface area contributed by atoms with Gasteiger partial charge in [0.15, 0.2) is 0 Å². The number of ether oxygens (including phenoxy) is 1. The second-order valence-corrected chi connectivity index (χ2v) is 7.11. The molecular formula is C18H23NO3S. The van der Waals surface area contributed by atoms with Gasteiger partial charge in [-0.3, -0.25) is 0 Å². The second kappa shape index (κ2) is 7.62. The molecule has 1 N–H and O–H groups in total. The predicted molar refractivity (Wildman–Crippen MR) is 92.1 cm³/mol. The van der Waals surface area contributed by atoms with Crippen LogP contribution in [0.25, 0.3) is 0 Å². The van der Waals surface area contributed by atoms with Gasteiger partial charge in [-0.05, 0) is 50.1 Å². The van der Waals surface area contributed by atoms with Gasteiger partial charge >= 0.3 is 0 Å². The first-order chi connectivity index (χ1) is 11.0. The molecule has 0 fully saturated rings. The van der Waals surface area contributed by atoms with E-state index in [2.05, 4.69) is 4.72 Å². The molecule has 0 spiro atoms. The smallest absolute Gasteiger partial charge is 0.241 e. The molecular weight excluding hydrogens is 310 g/mol. The van der Waals surface area contributed by atoms with Gasteiger partial charge in [-0.15, -0.1) is 0 Å². The number of aryl methyl sites for hydroxylation is 1. The fourth-order valence-corrected chi connectivity index (χ4v) is 3.63. The maximum absolute atomic E-state index is 12.6. The third-order valence-corrected chi connectivity index (χ3v) is 5.12. The summed E-state index contributed by atoms with van der Waals surface area (Å²) in [5, 5.41) is 0. The second-order valence-electron chi connectivity index (χ2n) is 5.40. The number of sulfonamides is 1. The molecule has 124 valence electrons. The van der Waals surface area contributed by atoms with Crippen LogP contribution in [0.2, 0.25) is 0 Å². The molecule has 23 heavy (non-hydrogen) atoms. The maximum atomic E-state index is 12.6. The number of nitrogens with one attached hydrogen (secondary N) is 1. The van der Waals surface area contributed by atoms with Gasteiger partial charge in [-0.25, -0.2) is 13.1 Å². The highest BCUT2D eigenvalue weighted by Gasteiger charge is 2.20. The average Bonchev–Trinajstić information content (AvgIpc) is 2.54. The summed E-state index contributed by atoms with van der Waals surface area (Å²) in [6.07, 6.45) is 0.680. The van der Waals surface area contributed by atoms with Crippen molar-refractivity contribution in [3.8, 4) is 5.75 Å². The van der Waals surface area contributed by atoms with Gasteiger partial charge in [0.25, 0.3) is 0 Å². The highest BCUT2D eigenvalue weighted by atomic mass is 32.2. The van der Waals surface area contributed by atoms with Crippen LogP contribution in [-0.4, -0.2) is 15.0 Å². The van der Waals surface area contributed by atoms with E-state index in [-0.39, 0.29) is 10.9 Å². The Hall–Kier alpha value is -1.85. The fraction of sp³-hybridized carbons (Fsp3) is 0.333. The van der Waals surface area contributed by atoms with E-state index in [0.717, 1.165) is 11.1 Å². The SMILES string of the molecule is CCOc1ccc(S(=O)(=O)NC(CC)c2ccc(C)cc2)cc1. The molecule has 0 aromatic heterocycles. The zero-order chi connectivity index (χ0) is 16.9. The minimum atomic E-state index is -3.57. The lowest BCUT2D eigenvalue weighted by Gasteiger charge is -2.18. The first kappa shape index (κ1) is 17.5. The lowest BCUT2D eigenvalue weighted by Crippen LogP contribution is -2.28. The summed E-state index contributed by atoms with van der Waals surface area (Å²) in [7, 11) is -3.57. The molecule has 0 aliphatic heterocycles. The van der Waals surface area contributed by atoms with E-state index in [4.69, 9.17) is 4.74 Å². The molecule has 0 saturated heterocycles. The monoisotopic (exact) mass is 333 g/mol. The Morgan fingerprint density at radius 1 is 1.00 bits per heavy atom. The van der Waals surface area contributed by atoms with Gasteiger partial charge in [0, 0.05) is 6.04 Å². The van der Waals surface area contributed by atoms with Gasteiger partial charge in [0.05, 0.1) is 11.5 Å². The quantitative estimate of drug-likeness (QED) is 0.838. The Bertz CT molecular complexity index is 722. The number of rotatable bonds is 7. The van der Waals surface area contributed by atoms with Gasteiger partial charge in [-0.1, -0.05) is 36.8 Å². The predicted octanol–water partition coefficient (Wildman–Crippen LogP) is 3.82. The van der Waals surface area contributed by atoms with Crippen LogP contribution in [0.4, 0.5) is 0 Å². The van der Waals surface area contributed by atoms with Crippen molar-refractivity contribution in [3.05, 3.63) is 59.7 Å². The van der Waals surface area contributed by atoms with Crippen molar-refractivity contribution >= 4 is 10.0 Å². The number of hydrogen-bond donors (Lipinski definition) is 1. The summed E-state index contributed by atoms with van der Waals surface area (Å²) >= 11 is 0. The van der Waals surface area contributed by atoms with Gasteiger partial charge in [0.2, 0.25) is 10.0 Å². The molecule has 2 aromatic rings. The Morgan fingerprint density at radius 3 is 2.13 bits per heavy atom. The summed E-state index contributed by atoms with van der Waals surface area (Å²) in [5.74, 6) is 0.664. The Morgan fingerprint density at radius 2 is 1.61 bits per heavy atom. The van der Waals surface area contributed by atoms with Crippen LogP contribution >= 0.6 is 0 Å². The summed E-state index contributed by atoms with van der Waals surface area (Å²) in [6.45, 7) is 6.41. The van der Waals surface area contributed by atoms with Crippen LogP contribution in [0.1, 0.15) is 37.4 Å². The third kappa shape index (κ3) is 4.56. The highest BCUT2D eigenvalue weighted by Crippen LogP contribution is 2.22. The van der Waals surface area contributed by atoms with Crippen molar-refractivity contribution in [2.75, 3.05) is 6.61 Å². The fourth-order valence-electron chi connectivity index (χ4n) is 2.32. The van der Waals surface area contributed by atoms with E-state index in [0.29, 0.717) is 18.8 Å². The average molecular weight is 333 g/mol. The molecule has 0 heterocycles. The van der Waals surface area contributed by atoms with Crippen molar-refractivity contribution in [1.29, 1.82) is 0 Å². The molecule has 1 atom stereocenters. The molecule has 1 unspecified atom stereocenters. The summed E-state index contributed by atoms with van der Waals surface area (Å²) in [6, 6.07) is 14.1.